The average molecular weight is 284 g/mol. The van der Waals surface area contributed by atoms with Crippen LogP contribution >= 0.6 is 0 Å². The summed E-state index contributed by atoms with van der Waals surface area (Å²) in [7, 11) is 0. The highest BCUT2D eigenvalue weighted by atomic mass is 16.4. The van der Waals surface area contributed by atoms with Gasteiger partial charge in [0, 0.05) is 32.0 Å². The summed E-state index contributed by atoms with van der Waals surface area (Å²) in [5.74, 6) is -2.99. The lowest BCUT2D eigenvalue weighted by Crippen LogP contribution is -2.46. The number of carbonyl (C=O) groups excluding carboxylic acids is 4. The summed E-state index contributed by atoms with van der Waals surface area (Å²) in [5.41, 5.74) is 0. The van der Waals surface area contributed by atoms with Crippen molar-refractivity contribution in [1.29, 1.82) is 0 Å². The lowest BCUT2D eigenvalue weighted by Gasteiger charge is -2.21. The fourth-order valence-corrected chi connectivity index (χ4v) is 1.84. The van der Waals surface area contributed by atoms with Crippen molar-refractivity contribution in [3.8, 4) is 0 Å². The van der Waals surface area contributed by atoms with E-state index in [0.717, 1.165) is 6.42 Å². The Morgan fingerprint density at radius 1 is 1.20 bits per heavy atom. The minimum absolute atomic E-state index is 0.151. The molecule has 1 saturated heterocycles. The summed E-state index contributed by atoms with van der Waals surface area (Å²) < 4.78 is 0. The van der Waals surface area contributed by atoms with Crippen molar-refractivity contribution in [3.05, 3.63) is 0 Å². The van der Waals surface area contributed by atoms with Crippen molar-refractivity contribution in [2.75, 3.05) is 19.6 Å². The van der Waals surface area contributed by atoms with Gasteiger partial charge in [0.2, 0.25) is 17.7 Å². The predicted octanol–water partition coefficient (Wildman–Crippen LogP) is -2.72. The first-order chi connectivity index (χ1) is 9.50. The molecule has 0 saturated carbocycles. The highest BCUT2D eigenvalue weighted by Gasteiger charge is 2.28. The first-order valence-electron chi connectivity index (χ1n) is 6.52. The molecule has 0 bridgehead atoms. The Morgan fingerprint density at radius 3 is 2.55 bits per heavy atom. The first kappa shape index (κ1) is 15.9. The van der Waals surface area contributed by atoms with Crippen molar-refractivity contribution < 1.29 is 24.3 Å². The van der Waals surface area contributed by atoms with Gasteiger partial charge in [-0.3, -0.25) is 14.4 Å². The molecule has 0 radical (unpaired) electrons. The van der Waals surface area contributed by atoms with Gasteiger partial charge < -0.3 is 25.9 Å². The molecule has 1 unspecified atom stereocenters. The molecule has 1 fully saturated rings. The largest absolute Gasteiger partial charge is 0.550 e. The number of carboxylic acid groups (broad SMARTS) is 1. The molecule has 0 aromatic rings. The van der Waals surface area contributed by atoms with Crippen LogP contribution in [-0.2, 0) is 19.2 Å². The van der Waals surface area contributed by atoms with Gasteiger partial charge in [-0.1, -0.05) is 0 Å². The standard InChI is InChI=1S/C12H19N3O5/c16-9(3-4-10(17)18)13-6-7-15-12(20)8-2-1-5-14-11(8)19/h8H,1-7H2,(H,13,16)(H,14,19)(H,15,20)(H,17,18)/p-1. The Bertz CT molecular complexity index is 397. The summed E-state index contributed by atoms with van der Waals surface area (Å²) in [5, 5.41) is 17.8. The van der Waals surface area contributed by atoms with Crippen LogP contribution in [0.25, 0.3) is 0 Å². The molecule has 8 nitrogen and oxygen atoms in total. The van der Waals surface area contributed by atoms with E-state index in [-0.39, 0.29) is 37.7 Å². The Hall–Kier alpha value is -2.12. The van der Waals surface area contributed by atoms with Gasteiger partial charge in [-0.05, 0) is 19.3 Å². The van der Waals surface area contributed by atoms with Crippen LogP contribution in [0.2, 0.25) is 0 Å². The highest BCUT2D eigenvalue weighted by Crippen LogP contribution is 2.10. The Balaban J connectivity index is 2.14. The van der Waals surface area contributed by atoms with Crippen molar-refractivity contribution in [1.82, 2.24) is 16.0 Å². The highest BCUT2D eigenvalue weighted by molar-refractivity contribution is 6.00. The summed E-state index contributed by atoms with van der Waals surface area (Å²) in [4.78, 5) is 44.4. The fourth-order valence-electron chi connectivity index (χ4n) is 1.84. The van der Waals surface area contributed by atoms with Crippen LogP contribution in [0.4, 0.5) is 0 Å². The molecular weight excluding hydrogens is 266 g/mol. The molecule has 1 rings (SSSR count). The normalized spacial score (nSPS) is 18.0. The Labute approximate surface area is 116 Å². The Kier molecular flexibility index (Phi) is 6.48. The third-order valence-electron chi connectivity index (χ3n) is 2.90. The molecule has 1 aliphatic rings. The second-order valence-electron chi connectivity index (χ2n) is 4.50. The van der Waals surface area contributed by atoms with Gasteiger partial charge >= 0.3 is 0 Å². The summed E-state index contributed by atoms with van der Waals surface area (Å²) >= 11 is 0. The monoisotopic (exact) mass is 284 g/mol. The molecule has 1 atom stereocenters. The average Bonchev–Trinajstić information content (AvgIpc) is 2.41. The fraction of sp³-hybridized carbons (Fsp3) is 0.667. The van der Waals surface area contributed by atoms with Crippen LogP contribution < -0.4 is 21.1 Å². The van der Waals surface area contributed by atoms with E-state index in [4.69, 9.17) is 0 Å². The number of rotatable bonds is 7. The van der Waals surface area contributed by atoms with Crippen LogP contribution in [0.3, 0.4) is 0 Å². The van der Waals surface area contributed by atoms with Gasteiger partial charge in [0.05, 0.1) is 0 Å². The SMILES string of the molecule is O=C([O-])CCC(=O)NCCNC(=O)C1CCCNC1=O. The quantitative estimate of drug-likeness (QED) is 0.345. The van der Waals surface area contributed by atoms with E-state index in [1.165, 1.54) is 0 Å². The van der Waals surface area contributed by atoms with Crippen LogP contribution in [0.1, 0.15) is 25.7 Å². The van der Waals surface area contributed by atoms with E-state index in [0.29, 0.717) is 13.0 Å². The van der Waals surface area contributed by atoms with E-state index in [1.807, 2.05) is 0 Å². The summed E-state index contributed by atoms with van der Waals surface area (Å²) in [6, 6.07) is 0. The maximum absolute atomic E-state index is 11.7. The van der Waals surface area contributed by atoms with Gasteiger partial charge in [-0.2, -0.15) is 0 Å². The number of hydrogen-bond donors (Lipinski definition) is 3. The molecule has 8 heteroatoms. The second-order valence-corrected chi connectivity index (χ2v) is 4.50. The molecular formula is C12H18N3O5-. The molecule has 1 aliphatic heterocycles. The van der Waals surface area contributed by atoms with Crippen molar-refractivity contribution in [3.63, 3.8) is 0 Å². The van der Waals surface area contributed by atoms with E-state index in [9.17, 15) is 24.3 Å². The predicted molar refractivity (Wildman–Crippen MR) is 66.0 cm³/mol. The minimum atomic E-state index is -1.28. The number of carboxylic acids is 1. The number of nitrogens with one attached hydrogen (secondary N) is 3. The van der Waals surface area contributed by atoms with E-state index in [2.05, 4.69) is 16.0 Å². The molecule has 0 aromatic heterocycles. The molecule has 0 aliphatic carbocycles. The minimum Gasteiger partial charge on any atom is -0.550 e. The zero-order valence-corrected chi connectivity index (χ0v) is 11.1. The topological polar surface area (TPSA) is 127 Å². The molecule has 0 spiro atoms. The van der Waals surface area contributed by atoms with Gasteiger partial charge in [-0.25, -0.2) is 0 Å². The van der Waals surface area contributed by atoms with Crippen molar-refractivity contribution in [2.24, 2.45) is 5.92 Å². The second kappa shape index (κ2) is 8.13. The number of aliphatic carboxylic acids is 1. The summed E-state index contributed by atoms with van der Waals surface area (Å²) in [6.07, 6.45) is 0.807. The molecule has 20 heavy (non-hydrogen) atoms. The van der Waals surface area contributed by atoms with Gasteiger partial charge in [-0.15, -0.1) is 0 Å². The zero-order valence-electron chi connectivity index (χ0n) is 11.1. The smallest absolute Gasteiger partial charge is 0.232 e. The third kappa shape index (κ3) is 5.68. The maximum Gasteiger partial charge on any atom is 0.232 e. The number of carbonyl (C=O) groups is 4. The maximum atomic E-state index is 11.7. The molecule has 0 aromatic carbocycles. The molecule has 3 N–H and O–H groups in total. The molecule has 3 amide bonds. The van der Waals surface area contributed by atoms with Gasteiger partial charge in [0.1, 0.15) is 5.92 Å². The van der Waals surface area contributed by atoms with Crippen molar-refractivity contribution >= 4 is 23.7 Å². The lowest BCUT2D eigenvalue weighted by atomic mass is 9.98. The summed E-state index contributed by atoms with van der Waals surface area (Å²) in [6.45, 7) is 0.975. The van der Waals surface area contributed by atoms with Crippen LogP contribution in [0.5, 0.6) is 0 Å². The zero-order chi connectivity index (χ0) is 15.0. The first-order valence-corrected chi connectivity index (χ1v) is 6.52. The number of piperidine rings is 1. The number of hydrogen-bond acceptors (Lipinski definition) is 5. The van der Waals surface area contributed by atoms with Crippen molar-refractivity contribution in [2.45, 2.75) is 25.7 Å². The van der Waals surface area contributed by atoms with E-state index < -0.39 is 17.8 Å². The molecule has 112 valence electrons. The Morgan fingerprint density at radius 2 is 1.90 bits per heavy atom. The van der Waals surface area contributed by atoms with E-state index in [1.54, 1.807) is 0 Å². The lowest BCUT2D eigenvalue weighted by molar-refractivity contribution is -0.305. The van der Waals surface area contributed by atoms with Crippen LogP contribution in [0, 0.1) is 5.92 Å². The molecule has 1 heterocycles. The van der Waals surface area contributed by atoms with Gasteiger partial charge in [0.15, 0.2) is 0 Å². The van der Waals surface area contributed by atoms with Crippen LogP contribution in [-0.4, -0.2) is 43.3 Å². The number of amides is 3. The van der Waals surface area contributed by atoms with Crippen LogP contribution in [0.15, 0.2) is 0 Å². The van der Waals surface area contributed by atoms with Gasteiger partial charge in [0.25, 0.3) is 0 Å². The third-order valence-corrected chi connectivity index (χ3v) is 2.90. The van der Waals surface area contributed by atoms with E-state index >= 15 is 0 Å².